The van der Waals surface area contributed by atoms with Crippen LogP contribution >= 0.6 is 0 Å². The maximum atomic E-state index is 12.4. The number of hydrogen-bond acceptors (Lipinski definition) is 4. The van der Waals surface area contributed by atoms with E-state index in [2.05, 4.69) is 46.5 Å². The van der Waals surface area contributed by atoms with E-state index in [0.29, 0.717) is 6.04 Å². The number of piperidine rings is 1. The van der Waals surface area contributed by atoms with E-state index < -0.39 is 0 Å². The first-order valence-corrected chi connectivity index (χ1v) is 9.16. The quantitative estimate of drug-likeness (QED) is 0.874. The minimum absolute atomic E-state index is 0.0432. The second kappa shape index (κ2) is 8.10. The van der Waals surface area contributed by atoms with Crippen molar-refractivity contribution in [3.8, 4) is 0 Å². The van der Waals surface area contributed by atoms with Gasteiger partial charge in [0.05, 0.1) is 0 Å². The first-order chi connectivity index (χ1) is 11.6. The summed E-state index contributed by atoms with van der Waals surface area (Å²) in [6.45, 7) is 8.66. The van der Waals surface area contributed by atoms with Crippen molar-refractivity contribution in [1.82, 2.24) is 20.4 Å². The molecule has 2 fully saturated rings. The summed E-state index contributed by atoms with van der Waals surface area (Å²) in [5.41, 5.74) is 2.04. The van der Waals surface area contributed by atoms with Crippen molar-refractivity contribution < 1.29 is 4.79 Å². The van der Waals surface area contributed by atoms with Crippen LogP contribution in [0.2, 0.25) is 0 Å². The maximum absolute atomic E-state index is 12.4. The smallest absolute Gasteiger partial charge is 0.251 e. The molecule has 1 amide bonds. The van der Waals surface area contributed by atoms with Crippen molar-refractivity contribution in [3.63, 3.8) is 0 Å². The van der Waals surface area contributed by atoms with Gasteiger partial charge in [-0.05, 0) is 51.1 Å². The largest absolute Gasteiger partial charge is 0.348 e. The lowest BCUT2D eigenvalue weighted by Gasteiger charge is -2.32. The Balaban J connectivity index is 1.52. The van der Waals surface area contributed by atoms with E-state index in [-0.39, 0.29) is 11.9 Å². The third-order valence-electron chi connectivity index (χ3n) is 5.30. The lowest BCUT2D eigenvalue weighted by molar-refractivity contribution is 0.0920. The Morgan fingerprint density at radius 1 is 1.21 bits per heavy atom. The molecular weight excluding hydrogens is 300 g/mol. The van der Waals surface area contributed by atoms with E-state index in [9.17, 15) is 4.79 Å². The molecule has 5 nitrogen and oxygen atoms in total. The molecule has 0 aliphatic carbocycles. The van der Waals surface area contributed by atoms with Gasteiger partial charge in [-0.1, -0.05) is 12.1 Å². The summed E-state index contributed by atoms with van der Waals surface area (Å²) in [5.74, 6) is 0.0432. The highest BCUT2D eigenvalue weighted by atomic mass is 16.1. The van der Waals surface area contributed by atoms with Crippen LogP contribution in [-0.2, 0) is 6.54 Å². The maximum Gasteiger partial charge on any atom is 0.251 e. The topological polar surface area (TPSA) is 47.6 Å². The van der Waals surface area contributed by atoms with Crippen molar-refractivity contribution in [2.45, 2.75) is 38.4 Å². The van der Waals surface area contributed by atoms with Gasteiger partial charge in [0.1, 0.15) is 0 Å². The lowest BCUT2D eigenvalue weighted by Crippen LogP contribution is -2.51. The Bertz CT molecular complexity index is 537. The summed E-state index contributed by atoms with van der Waals surface area (Å²) in [7, 11) is 2.17. The van der Waals surface area contributed by atoms with Crippen LogP contribution in [0.4, 0.5) is 0 Å². The fraction of sp³-hybridized carbons (Fsp3) is 0.632. The molecule has 5 heteroatoms. The zero-order valence-electron chi connectivity index (χ0n) is 14.9. The fourth-order valence-corrected chi connectivity index (χ4v) is 3.52. The number of nitrogens with zero attached hydrogens (tertiary/aromatic N) is 2. The summed E-state index contributed by atoms with van der Waals surface area (Å²) in [5, 5.41) is 6.60. The van der Waals surface area contributed by atoms with Gasteiger partial charge in [0.2, 0.25) is 0 Å². The number of likely N-dealkylation sites (N-methyl/N-ethyl adjacent to an activating group) is 1. The molecule has 2 aliphatic rings. The van der Waals surface area contributed by atoms with E-state index in [1.54, 1.807) is 0 Å². The Morgan fingerprint density at radius 3 is 2.58 bits per heavy atom. The van der Waals surface area contributed by atoms with Crippen molar-refractivity contribution in [2.24, 2.45) is 0 Å². The Hall–Kier alpha value is -1.43. The van der Waals surface area contributed by atoms with Gasteiger partial charge in [-0.15, -0.1) is 0 Å². The molecule has 2 N–H and O–H groups in total. The summed E-state index contributed by atoms with van der Waals surface area (Å²) in [6, 6.07) is 8.69. The van der Waals surface area contributed by atoms with Crippen LogP contribution < -0.4 is 10.6 Å². The Kier molecular flexibility index (Phi) is 5.87. The van der Waals surface area contributed by atoms with Gasteiger partial charge in [0, 0.05) is 50.4 Å². The molecule has 2 heterocycles. The average Bonchev–Trinajstić information content (AvgIpc) is 2.59. The SMILES string of the molecule is CC1NCCCC1NC(=O)c1ccc(CN2CCN(C)CC2)cc1. The summed E-state index contributed by atoms with van der Waals surface area (Å²) in [6.07, 6.45) is 2.18. The first kappa shape index (κ1) is 17.4. The van der Waals surface area contributed by atoms with Gasteiger partial charge < -0.3 is 15.5 Å². The summed E-state index contributed by atoms with van der Waals surface area (Å²) in [4.78, 5) is 17.3. The molecule has 1 aromatic rings. The minimum atomic E-state index is 0.0432. The van der Waals surface area contributed by atoms with Gasteiger partial charge in [0.15, 0.2) is 0 Å². The van der Waals surface area contributed by atoms with E-state index in [1.165, 1.54) is 5.56 Å². The predicted molar refractivity (Wildman–Crippen MR) is 97.2 cm³/mol. The zero-order chi connectivity index (χ0) is 16.9. The average molecular weight is 330 g/mol. The number of rotatable bonds is 4. The van der Waals surface area contributed by atoms with Crippen LogP contribution in [-0.4, -0.2) is 67.6 Å². The van der Waals surface area contributed by atoms with E-state index >= 15 is 0 Å². The van der Waals surface area contributed by atoms with Crippen LogP contribution in [0, 0.1) is 0 Å². The predicted octanol–water partition coefficient (Wildman–Crippen LogP) is 1.30. The molecule has 2 saturated heterocycles. The van der Waals surface area contributed by atoms with Crippen LogP contribution in [0.15, 0.2) is 24.3 Å². The summed E-state index contributed by atoms with van der Waals surface area (Å²) < 4.78 is 0. The first-order valence-electron chi connectivity index (χ1n) is 9.16. The van der Waals surface area contributed by atoms with Crippen LogP contribution in [0.1, 0.15) is 35.7 Å². The highest BCUT2D eigenvalue weighted by Gasteiger charge is 2.22. The summed E-state index contributed by atoms with van der Waals surface area (Å²) >= 11 is 0. The minimum Gasteiger partial charge on any atom is -0.348 e. The van der Waals surface area contributed by atoms with Gasteiger partial charge in [-0.25, -0.2) is 0 Å². The zero-order valence-corrected chi connectivity index (χ0v) is 14.9. The highest BCUT2D eigenvalue weighted by Crippen LogP contribution is 2.12. The molecule has 0 aromatic heterocycles. The molecule has 0 radical (unpaired) electrons. The second-order valence-corrected chi connectivity index (χ2v) is 7.24. The van der Waals surface area contributed by atoms with Crippen molar-refractivity contribution in [2.75, 3.05) is 39.8 Å². The van der Waals surface area contributed by atoms with E-state index in [1.807, 2.05) is 12.1 Å². The van der Waals surface area contributed by atoms with Gasteiger partial charge in [-0.3, -0.25) is 9.69 Å². The third-order valence-corrected chi connectivity index (χ3v) is 5.30. The van der Waals surface area contributed by atoms with Crippen LogP contribution in [0.3, 0.4) is 0 Å². The van der Waals surface area contributed by atoms with Crippen LogP contribution in [0.5, 0.6) is 0 Å². The van der Waals surface area contributed by atoms with Gasteiger partial charge in [-0.2, -0.15) is 0 Å². The molecular formula is C19H30N4O. The van der Waals surface area contributed by atoms with Crippen molar-refractivity contribution >= 4 is 5.91 Å². The molecule has 2 unspecified atom stereocenters. The third kappa shape index (κ3) is 4.56. The number of hydrogen-bond donors (Lipinski definition) is 2. The molecule has 0 saturated carbocycles. The highest BCUT2D eigenvalue weighted by molar-refractivity contribution is 5.94. The molecule has 1 aromatic carbocycles. The van der Waals surface area contributed by atoms with Gasteiger partial charge in [0.25, 0.3) is 5.91 Å². The normalized spacial score (nSPS) is 26.2. The van der Waals surface area contributed by atoms with Crippen molar-refractivity contribution in [3.05, 3.63) is 35.4 Å². The number of amides is 1. The van der Waals surface area contributed by atoms with E-state index in [4.69, 9.17) is 0 Å². The molecule has 0 spiro atoms. The molecule has 2 aliphatic heterocycles. The second-order valence-electron chi connectivity index (χ2n) is 7.24. The van der Waals surface area contributed by atoms with Crippen molar-refractivity contribution in [1.29, 1.82) is 0 Å². The monoisotopic (exact) mass is 330 g/mol. The molecule has 3 rings (SSSR count). The molecule has 24 heavy (non-hydrogen) atoms. The number of carbonyl (C=O) groups is 1. The molecule has 2 atom stereocenters. The molecule has 132 valence electrons. The number of benzene rings is 1. The number of nitrogens with one attached hydrogen (secondary N) is 2. The standard InChI is InChI=1S/C19H30N4O/c1-15-18(4-3-9-20-15)21-19(24)17-7-5-16(6-8-17)14-23-12-10-22(2)11-13-23/h5-8,15,18,20H,3-4,9-14H2,1-2H3,(H,21,24). The number of piperazine rings is 1. The lowest BCUT2D eigenvalue weighted by atomic mass is 9.99. The number of carbonyl (C=O) groups excluding carboxylic acids is 1. The van der Waals surface area contributed by atoms with Gasteiger partial charge >= 0.3 is 0 Å². The fourth-order valence-electron chi connectivity index (χ4n) is 3.52. The molecule has 0 bridgehead atoms. The van der Waals surface area contributed by atoms with E-state index in [0.717, 1.165) is 57.7 Å². The Labute approximate surface area is 145 Å². The Morgan fingerprint density at radius 2 is 1.92 bits per heavy atom. The van der Waals surface area contributed by atoms with Crippen LogP contribution in [0.25, 0.3) is 0 Å².